The molecule has 1 aromatic carbocycles. The van der Waals surface area contributed by atoms with Gasteiger partial charge in [0.1, 0.15) is 0 Å². The van der Waals surface area contributed by atoms with Gasteiger partial charge in [0.05, 0.1) is 23.8 Å². The number of benzene rings is 1. The predicted octanol–water partition coefficient (Wildman–Crippen LogP) is 2.12. The summed E-state index contributed by atoms with van der Waals surface area (Å²) in [7, 11) is 0. The number of nitrogen functional groups attached to an aromatic ring is 1. The number of anilines is 1. The molecule has 80 valence electrons. The molecule has 0 spiro atoms. The van der Waals surface area contributed by atoms with Gasteiger partial charge in [0.15, 0.2) is 0 Å². The normalized spacial score (nSPS) is 11.0. The van der Waals surface area contributed by atoms with E-state index < -0.39 is 0 Å². The van der Waals surface area contributed by atoms with Gasteiger partial charge in [-0.05, 0) is 18.2 Å². The summed E-state index contributed by atoms with van der Waals surface area (Å²) in [5, 5.41) is 5.46. The first-order valence-corrected chi connectivity index (χ1v) is 5.79. The SMILES string of the molecule is Nc1ccc2cnn(Cc3cncs3)c2c1. The molecule has 0 amide bonds. The minimum Gasteiger partial charge on any atom is -0.399 e. The van der Waals surface area contributed by atoms with Gasteiger partial charge in [-0.2, -0.15) is 5.10 Å². The lowest BCUT2D eigenvalue weighted by Crippen LogP contribution is -1.99. The van der Waals surface area contributed by atoms with Crippen LogP contribution in [0, 0.1) is 0 Å². The molecule has 0 unspecified atom stereocenters. The lowest BCUT2D eigenvalue weighted by atomic mass is 10.2. The van der Waals surface area contributed by atoms with Crippen LogP contribution in [0.5, 0.6) is 0 Å². The maximum absolute atomic E-state index is 5.77. The zero-order chi connectivity index (χ0) is 11.0. The second-order valence-electron chi connectivity index (χ2n) is 3.59. The molecule has 0 aliphatic heterocycles. The molecule has 0 fully saturated rings. The van der Waals surface area contributed by atoms with Crippen LogP contribution in [0.15, 0.2) is 36.1 Å². The molecule has 0 saturated heterocycles. The molecular formula is C11H10N4S. The number of hydrogen-bond acceptors (Lipinski definition) is 4. The van der Waals surface area contributed by atoms with Crippen molar-refractivity contribution in [2.75, 3.05) is 5.73 Å². The van der Waals surface area contributed by atoms with Crippen LogP contribution in [0.3, 0.4) is 0 Å². The van der Waals surface area contributed by atoms with Crippen LogP contribution >= 0.6 is 11.3 Å². The topological polar surface area (TPSA) is 56.7 Å². The third kappa shape index (κ3) is 1.55. The number of aromatic nitrogens is 3. The highest BCUT2D eigenvalue weighted by Crippen LogP contribution is 2.18. The monoisotopic (exact) mass is 230 g/mol. The molecule has 4 nitrogen and oxygen atoms in total. The first-order chi connectivity index (χ1) is 7.83. The lowest BCUT2D eigenvalue weighted by Gasteiger charge is -2.01. The number of nitrogens with zero attached hydrogens (tertiary/aromatic N) is 3. The Kier molecular flexibility index (Phi) is 2.11. The van der Waals surface area contributed by atoms with Gasteiger partial charge in [-0.15, -0.1) is 11.3 Å². The fourth-order valence-electron chi connectivity index (χ4n) is 1.68. The van der Waals surface area contributed by atoms with Crippen molar-refractivity contribution >= 4 is 27.9 Å². The molecule has 2 heterocycles. The van der Waals surface area contributed by atoms with Crippen LogP contribution in [-0.4, -0.2) is 14.8 Å². The summed E-state index contributed by atoms with van der Waals surface area (Å²) in [6.07, 6.45) is 3.72. The molecule has 2 aromatic heterocycles. The van der Waals surface area contributed by atoms with E-state index in [-0.39, 0.29) is 0 Å². The first-order valence-electron chi connectivity index (χ1n) is 4.91. The smallest absolute Gasteiger partial charge is 0.0794 e. The van der Waals surface area contributed by atoms with Crippen molar-refractivity contribution in [3.8, 4) is 0 Å². The summed E-state index contributed by atoms with van der Waals surface area (Å²) in [6, 6.07) is 5.82. The fraction of sp³-hybridized carbons (Fsp3) is 0.0909. The van der Waals surface area contributed by atoms with Crippen LogP contribution in [0.25, 0.3) is 10.9 Å². The molecule has 5 heteroatoms. The summed E-state index contributed by atoms with van der Waals surface area (Å²) >= 11 is 1.63. The second kappa shape index (κ2) is 3.61. The fourth-order valence-corrected chi connectivity index (χ4v) is 2.26. The Morgan fingerprint density at radius 1 is 1.31 bits per heavy atom. The summed E-state index contributed by atoms with van der Waals surface area (Å²) < 4.78 is 1.94. The van der Waals surface area contributed by atoms with Gasteiger partial charge in [-0.1, -0.05) is 0 Å². The van der Waals surface area contributed by atoms with Gasteiger partial charge >= 0.3 is 0 Å². The lowest BCUT2D eigenvalue weighted by molar-refractivity contribution is 0.719. The maximum Gasteiger partial charge on any atom is 0.0794 e. The number of rotatable bonds is 2. The van der Waals surface area contributed by atoms with Crippen molar-refractivity contribution in [2.45, 2.75) is 6.54 Å². The molecule has 3 rings (SSSR count). The molecule has 2 N–H and O–H groups in total. The molecular weight excluding hydrogens is 220 g/mol. The van der Waals surface area contributed by atoms with E-state index in [1.807, 2.05) is 40.8 Å². The first kappa shape index (κ1) is 9.35. The molecule has 16 heavy (non-hydrogen) atoms. The second-order valence-corrected chi connectivity index (χ2v) is 4.56. The Morgan fingerprint density at radius 3 is 3.06 bits per heavy atom. The molecule has 0 radical (unpaired) electrons. The number of thiazole rings is 1. The maximum atomic E-state index is 5.77. The highest BCUT2D eigenvalue weighted by molar-refractivity contribution is 7.09. The van der Waals surface area contributed by atoms with E-state index in [4.69, 9.17) is 5.73 Å². The Balaban J connectivity index is 2.07. The minimum absolute atomic E-state index is 0.748. The number of nitrogens with two attached hydrogens (primary N) is 1. The molecule has 0 atom stereocenters. The largest absolute Gasteiger partial charge is 0.399 e. The third-order valence-electron chi connectivity index (χ3n) is 2.46. The molecule has 0 bridgehead atoms. The van der Waals surface area contributed by atoms with Crippen molar-refractivity contribution in [2.24, 2.45) is 0 Å². The van der Waals surface area contributed by atoms with Crippen molar-refractivity contribution in [1.29, 1.82) is 0 Å². The van der Waals surface area contributed by atoms with Crippen molar-refractivity contribution in [1.82, 2.24) is 14.8 Å². The molecule has 0 aliphatic rings. The van der Waals surface area contributed by atoms with Crippen molar-refractivity contribution < 1.29 is 0 Å². The van der Waals surface area contributed by atoms with Gasteiger partial charge in [0.2, 0.25) is 0 Å². The zero-order valence-corrected chi connectivity index (χ0v) is 9.31. The minimum atomic E-state index is 0.748. The van der Waals surface area contributed by atoms with Crippen LogP contribution in [0.1, 0.15) is 4.88 Å². The van der Waals surface area contributed by atoms with Gasteiger partial charge in [0.25, 0.3) is 0 Å². The van der Waals surface area contributed by atoms with E-state index in [1.54, 1.807) is 11.3 Å². The predicted molar refractivity (Wildman–Crippen MR) is 65.4 cm³/mol. The van der Waals surface area contributed by atoms with Crippen LogP contribution < -0.4 is 5.73 Å². The average molecular weight is 230 g/mol. The average Bonchev–Trinajstić information content (AvgIpc) is 2.90. The highest BCUT2D eigenvalue weighted by atomic mass is 32.1. The van der Waals surface area contributed by atoms with E-state index in [0.717, 1.165) is 23.1 Å². The Morgan fingerprint density at radius 2 is 2.25 bits per heavy atom. The van der Waals surface area contributed by atoms with Crippen molar-refractivity contribution in [3.05, 3.63) is 41.0 Å². The van der Waals surface area contributed by atoms with E-state index in [0.29, 0.717) is 0 Å². The summed E-state index contributed by atoms with van der Waals surface area (Å²) in [5.74, 6) is 0. The van der Waals surface area contributed by atoms with E-state index >= 15 is 0 Å². The van der Waals surface area contributed by atoms with Gasteiger partial charge in [0, 0.05) is 22.1 Å². The Labute approximate surface area is 96.3 Å². The molecule has 0 aliphatic carbocycles. The van der Waals surface area contributed by atoms with Crippen molar-refractivity contribution in [3.63, 3.8) is 0 Å². The van der Waals surface area contributed by atoms with Crippen LogP contribution in [0.4, 0.5) is 5.69 Å². The van der Waals surface area contributed by atoms with Gasteiger partial charge < -0.3 is 5.73 Å². The molecule has 0 saturated carbocycles. The summed E-state index contributed by atoms with van der Waals surface area (Å²) in [6.45, 7) is 0.748. The third-order valence-corrected chi connectivity index (χ3v) is 3.22. The van der Waals surface area contributed by atoms with Gasteiger partial charge in [-0.3, -0.25) is 9.67 Å². The van der Waals surface area contributed by atoms with Crippen LogP contribution in [0.2, 0.25) is 0 Å². The van der Waals surface area contributed by atoms with E-state index in [1.165, 1.54) is 4.88 Å². The number of fused-ring (bicyclic) bond motifs is 1. The highest BCUT2D eigenvalue weighted by Gasteiger charge is 2.04. The Bertz CT molecular complexity index is 612. The summed E-state index contributed by atoms with van der Waals surface area (Å²) in [4.78, 5) is 5.24. The van der Waals surface area contributed by atoms with Gasteiger partial charge in [-0.25, -0.2) is 0 Å². The quantitative estimate of drug-likeness (QED) is 0.686. The standard InChI is InChI=1S/C11H10N4S/c12-9-2-1-8-4-14-15(11(8)3-9)6-10-5-13-7-16-10/h1-5,7H,6,12H2. The molecule has 3 aromatic rings. The van der Waals surface area contributed by atoms with E-state index in [2.05, 4.69) is 10.1 Å². The zero-order valence-electron chi connectivity index (χ0n) is 8.50. The Hall–Kier alpha value is -1.88. The van der Waals surface area contributed by atoms with Crippen LogP contribution in [-0.2, 0) is 6.54 Å². The number of hydrogen-bond donors (Lipinski definition) is 1. The van der Waals surface area contributed by atoms with E-state index in [9.17, 15) is 0 Å². The summed E-state index contributed by atoms with van der Waals surface area (Å²) in [5.41, 5.74) is 9.43.